The van der Waals surface area contributed by atoms with Crippen molar-refractivity contribution in [1.82, 2.24) is 0 Å². The molecule has 0 saturated heterocycles. The van der Waals surface area contributed by atoms with Crippen LogP contribution in [0.25, 0.3) is 0 Å². The van der Waals surface area contributed by atoms with Crippen LogP contribution >= 0.6 is 11.6 Å². The number of phenolic OH excluding ortho intramolecular Hbond substituents is 1. The summed E-state index contributed by atoms with van der Waals surface area (Å²) in [7, 11) is 3.15. The van der Waals surface area contributed by atoms with E-state index in [4.69, 9.17) is 21.1 Å². The van der Waals surface area contributed by atoms with Crippen molar-refractivity contribution in [3.05, 3.63) is 47.0 Å². The Morgan fingerprint density at radius 1 is 1.05 bits per heavy atom. The maximum absolute atomic E-state index is 9.33. The smallest absolute Gasteiger partial charge is 0.162 e. The highest BCUT2D eigenvalue weighted by Crippen LogP contribution is 2.37. The first-order valence-corrected chi connectivity index (χ1v) is 6.90. The van der Waals surface area contributed by atoms with Gasteiger partial charge in [0.1, 0.15) is 5.75 Å². The Morgan fingerprint density at radius 2 is 1.62 bits per heavy atom. The standard InChI is InChI=1S/C16H18ClNO3/c1-10(11-4-6-12(19)7-5-11)18-14-9-16(21-3)15(20-2)8-13(14)17/h4-10,18-19H,1-3H3. The van der Waals surface area contributed by atoms with Crippen molar-refractivity contribution < 1.29 is 14.6 Å². The Labute approximate surface area is 129 Å². The van der Waals surface area contributed by atoms with E-state index in [1.54, 1.807) is 38.5 Å². The summed E-state index contributed by atoms with van der Waals surface area (Å²) in [5.74, 6) is 1.45. The lowest BCUT2D eigenvalue weighted by molar-refractivity contribution is 0.355. The molecule has 0 aliphatic heterocycles. The van der Waals surface area contributed by atoms with Crippen molar-refractivity contribution >= 4 is 17.3 Å². The maximum atomic E-state index is 9.33. The second-order valence-corrected chi connectivity index (χ2v) is 5.05. The molecule has 0 bridgehead atoms. The van der Waals surface area contributed by atoms with Crippen molar-refractivity contribution in [2.45, 2.75) is 13.0 Å². The molecule has 0 aromatic heterocycles. The summed E-state index contributed by atoms with van der Waals surface area (Å²) in [6, 6.07) is 10.6. The SMILES string of the molecule is COc1cc(Cl)c(NC(C)c2ccc(O)cc2)cc1OC. The molecule has 0 amide bonds. The van der Waals surface area contributed by atoms with Crippen LogP contribution < -0.4 is 14.8 Å². The second kappa shape index (κ2) is 6.59. The van der Waals surface area contributed by atoms with Gasteiger partial charge in [-0.25, -0.2) is 0 Å². The molecule has 0 spiro atoms. The fourth-order valence-electron chi connectivity index (χ4n) is 2.04. The van der Waals surface area contributed by atoms with Crippen LogP contribution in [0.2, 0.25) is 5.02 Å². The van der Waals surface area contributed by atoms with Crippen molar-refractivity contribution in [3.8, 4) is 17.2 Å². The van der Waals surface area contributed by atoms with Gasteiger partial charge in [0, 0.05) is 18.2 Å². The summed E-state index contributed by atoms with van der Waals surface area (Å²) in [6.45, 7) is 2.01. The van der Waals surface area contributed by atoms with Gasteiger partial charge in [-0.05, 0) is 24.6 Å². The Hall–Kier alpha value is -2.07. The molecule has 5 heteroatoms. The predicted molar refractivity (Wildman–Crippen MR) is 84.7 cm³/mol. The second-order valence-electron chi connectivity index (χ2n) is 4.64. The molecule has 0 radical (unpaired) electrons. The summed E-state index contributed by atoms with van der Waals surface area (Å²) in [5.41, 5.74) is 1.80. The van der Waals surface area contributed by atoms with E-state index in [0.717, 1.165) is 11.3 Å². The number of aromatic hydroxyl groups is 1. The lowest BCUT2D eigenvalue weighted by Crippen LogP contribution is -2.07. The maximum Gasteiger partial charge on any atom is 0.162 e. The van der Waals surface area contributed by atoms with E-state index in [0.29, 0.717) is 16.5 Å². The molecule has 2 aromatic carbocycles. The minimum atomic E-state index is 0.0289. The topological polar surface area (TPSA) is 50.7 Å². The summed E-state index contributed by atoms with van der Waals surface area (Å²) < 4.78 is 10.5. The molecule has 0 aliphatic carbocycles. The first kappa shape index (κ1) is 15.3. The predicted octanol–water partition coefficient (Wildman–Crippen LogP) is 4.24. The van der Waals surface area contributed by atoms with Gasteiger partial charge in [-0.15, -0.1) is 0 Å². The van der Waals surface area contributed by atoms with E-state index in [-0.39, 0.29) is 11.8 Å². The van der Waals surface area contributed by atoms with Crippen LogP contribution in [-0.4, -0.2) is 19.3 Å². The van der Waals surface area contributed by atoms with E-state index >= 15 is 0 Å². The summed E-state index contributed by atoms with van der Waals surface area (Å²) >= 11 is 6.26. The van der Waals surface area contributed by atoms with E-state index in [9.17, 15) is 5.11 Å². The molecular formula is C16H18ClNO3. The molecule has 0 aliphatic rings. The van der Waals surface area contributed by atoms with Gasteiger partial charge in [0.15, 0.2) is 11.5 Å². The molecule has 0 fully saturated rings. The van der Waals surface area contributed by atoms with Gasteiger partial charge in [-0.1, -0.05) is 23.7 Å². The molecule has 2 rings (SSSR count). The molecule has 0 heterocycles. The normalized spacial score (nSPS) is 11.8. The lowest BCUT2D eigenvalue weighted by Gasteiger charge is -2.18. The van der Waals surface area contributed by atoms with Gasteiger partial charge in [0.05, 0.1) is 24.9 Å². The van der Waals surface area contributed by atoms with Gasteiger partial charge < -0.3 is 19.9 Å². The highest BCUT2D eigenvalue weighted by atomic mass is 35.5. The van der Waals surface area contributed by atoms with Crippen LogP contribution in [0.5, 0.6) is 17.2 Å². The van der Waals surface area contributed by atoms with Crippen LogP contribution in [-0.2, 0) is 0 Å². The third-order valence-electron chi connectivity index (χ3n) is 3.24. The number of benzene rings is 2. The average Bonchev–Trinajstić information content (AvgIpc) is 2.49. The zero-order chi connectivity index (χ0) is 15.4. The zero-order valence-electron chi connectivity index (χ0n) is 12.2. The van der Waals surface area contributed by atoms with Crippen LogP contribution in [0.15, 0.2) is 36.4 Å². The van der Waals surface area contributed by atoms with Gasteiger partial charge in [-0.2, -0.15) is 0 Å². The van der Waals surface area contributed by atoms with Gasteiger partial charge in [0.25, 0.3) is 0 Å². The number of halogens is 1. The molecule has 2 N–H and O–H groups in total. The molecule has 2 aromatic rings. The van der Waals surface area contributed by atoms with Crippen molar-refractivity contribution in [2.24, 2.45) is 0 Å². The minimum Gasteiger partial charge on any atom is -0.508 e. The number of methoxy groups -OCH3 is 2. The Balaban J connectivity index is 2.24. The lowest BCUT2D eigenvalue weighted by atomic mass is 10.1. The fraction of sp³-hybridized carbons (Fsp3) is 0.250. The molecule has 21 heavy (non-hydrogen) atoms. The van der Waals surface area contributed by atoms with Crippen molar-refractivity contribution in [1.29, 1.82) is 0 Å². The molecule has 1 unspecified atom stereocenters. The first-order chi connectivity index (χ1) is 10.0. The van der Waals surface area contributed by atoms with Crippen LogP contribution in [0.3, 0.4) is 0 Å². The zero-order valence-corrected chi connectivity index (χ0v) is 12.9. The monoisotopic (exact) mass is 307 g/mol. The third-order valence-corrected chi connectivity index (χ3v) is 3.55. The average molecular weight is 308 g/mol. The van der Waals surface area contributed by atoms with E-state index < -0.39 is 0 Å². The minimum absolute atomic E-state index is 0.0289. The van der Waals surface area contributed by atoms with Crippen molar-refractivity contribution in [2.75, 3.05) is 19.5 Å². The molecular weight excluding hydrogens is 290 g/mol. The van der Waals surface area contributed by atoms with Gasteiger partial charge in [-0.3, -0.25) is 0 Å². The quantitative estimate of drug-likeness (QED) is 0.867. The molecule has 1 atom stereocenters. The van der Waals surface area contributed by atoms with Crippen LogP contribution in [0, 0.1) is 0 Å². The van der Waals surface area contributed by atoms with Crippen molar-refractivity contribution in [3.63, 3.8) is 0 Å². The van der Waals surface area contributed by atoms with Crippen LogP contribution in [0.4, 0.5) is 5.69 Å². The highest BCUT2D eigenvalue weighted by Gasteiger charge is 2.12. The number of hydrogen-bond donors (Lipinski definition) is 2. The summed E-state index contributed by atoms with van der Waals surface area (Å²) in [4.78, 5) is 0. The number of ether oxygens (including phenoxy) is 2. The number of anilines is 1. The first-order valence-electron chi connectivity index (χ1n) is 6.52. The molecule has 0 saturated carbocycles. The number of phenols is 1. The van der Waals surface area contributed by atoms with E-state index in [1.807, 2.05) is 19.1 Å². The summed E-state index contributed by atoms with van der Waals surface area (Å²) in [6.07, 6.45) is 0. The Bertz CT molecular complexity index is 614. The number of rotatable bonds is 5. The largest absolute Gasteiger partial charge is 0.508 e. The van der Waals surface area contributed by atoms with Gasteiger partial charge >= 0.3 is 0 Å². The number of hydrogen-bond acceptors (Lipinski definition) is 4. The Morgan fingerprint density at radius 3 is 2.19 bits per heavy atom. The van der Waals surface area contributed by atoms with Crippen LogP contribution in [0.1, 0.15) is 18.5 Å². The van der Waals surface area contributed by atoms with E-state index in [2.05, 4.69) is 5.32 Å². The number of nitrogens with one attached hydrogen (secondary N) is 1. The van der Waals surface area contributed by atoms with E-state index in [1.165, 1.54) is 0 Å². The Kier molecular flexibility index (Phi) is 4.81. The fourth-order valence-corrected chi connectivity index (χ4v) is 2.25. The summed E-state index contributed by atoms with van der Waals surface area (Å²) in [5, 5.41) is 13.2. The molecule has 4 nitrogen and oxygen atoms in total. The highest BCUT2D eigenvalue weighted by molar-refractivity contribution is 6.33. The third kappa shape index (κ3) is 3.52. The molecule has 112 valence electrons. The van der Waals surface area contributed by atoms with Gasteiger partial charge in [0.2, 0.25) is 0 Å².